The van der Waals surface area contributed by atoms with E-state index < -0.39 is 0 Å². The van der Waals surface area contributed by atoms with Crippen LogP contribution in [-0.2, 0) is 0 Å². The Hall–Kier alpha value is -5.44. The molecule has 0 spiro atoms. The summed E-state index contributed by atoms with van der Waals surface area (Å²) in [7, 11) is 3.69. The molecular weight excluding hydrogens is 424 g/mol. The van der Waals surface area contributed by atoms with Crippen molar-refractivity contribution in [3.63, 3.8) is 0 Å². The minimum atomic E-state index is 0.0240. The number of allylic oxidation sites excluding steroid dienone is 2. The van der Waals surface area contributed by atoms with Gasteiger partial charge in [-0.3, -0.25) is 0 Å². The Balaban J connectivity index is 1.69. The Morgan fingerprint density at radius 2 is 1.03 bits per heavy atom. The van der Waals surface area contributed by atoms with Crippen LogP contribution >= 0.6 is 0 Å². The van der Waals surface area contributed by atoms with E-state index in [0.29, 0.717) is 11.6 Å². The minimum Gasteiger partial charge on any atom is -0.338 e. The molecule has 2 aliphatic heterocycles. The Bertz CT molecular complexity index is 1660. The van der Waals surface area contributed by atoms with Gasteiger partial charge in [0.15, 0.2) is 11.1 Å². The SMILES string of the molecule is CN1C(=C(C#N)C#N)Nc2cc3ccc4c5c(cc6ccc(c21)c3c64)NC(=C(C#N)C#N)N5C. The van der Waals surface area contributed by atoms with Gasteiger partial charge in [-0.05, 0) is 33.7 Å². The average Bonchev–Trinajstić information content (AvgIpc) is 3.35. The van der Waals surface area contributed by atoms with Gasteiger partial charge in [-0.15, -0.1) is 0 Å². The Morgan fingerprint density at radius 3 is 1.38 bits per heavy atom. The first-order valence-electron chi connectivity index (χ1n) is 10.4. The van der Waals surface area contributed by atoms with E-state index in [1.54, 1.807) is 0 Å². The van der Waals surface area contributed by atoms with Crippen molar-refractivity contribution < 1.29 is 0 Å². The summed E-state index contributed by atoms with van der Waals surface area (Å²) in [5.74, 6) is 0.936. The van der Waals surface area contributed by atoms with Gasteiger partial charge in [0.2, 0.25) is 0 Å². The van der Waals surface area contributed by atoms with Crippen LogP contribution in [0, 0.1) is 45.3 Å². The van der Waals surface area contributed by atoms with Crippen LogP contribution in [-0.4, -0.2) is 14.1 Å². The highest BCUT2D eigenvalue weighted by Crippen LogP contribution is 2.51. The van der Waals surface area contributed by atoms with Crippen molar-refractivity contribution in [1.82, 2.24) is 0 Å². The summed E-state index contributed by atoms with van der Waals surface area (Å²) in [6.45, 7) is 0. The standard InChI is InChI=1S/C26H14N8/c1-33-23-17-5-3-14-8-20-24(34(2)26(32-20)16(11-29)12-30)18-6-4-13(21(17)22(14)18)7-19(23)31-25(33)15(9-27)10-28/h3-8,31-32H,1-2H3. The molecule has 6 rings (SSSR count). The molecule has 0 atom stereocenters. The molecule has 4 aromatic carbocycles. The van der Waals surface area contributed by atoms with Crippen LogP contribution in [0.4, 0.5) is 22.7 Å². The van der Waals surface area contributed by atoms with Gasteiger partial charge in [0.05, 0.1) is 22.7 Å². The van der Waals surface area contributed by atoms with Gasteiger partial charge in [0, 0.05) is 24.9 Å². The number of hydrogen-bond donors (Lipinski definition) is 2. The molecule has 8 heteroatoms. The van der Waals surface area contributed by atoms with Crippen molar-refractivity contribution in [1.29, 1.82) is 21.0 Å². The summed E-state index contributed by atoms with van der Waals surface area (Å²) < 4.78 is 0. The van der Waals surface area contributed by atoms with Gasteiger partial charge >= 0.3 is 0 Å². The van der Waals surface area contributed by atoms with Crippen molar-refractivity contribution >= 4 is 55.1 Å². The third-order valence-electron chi connectivity index (χ3n) is 6.61. The van der Waals surface area contributed by atoms with Crippen LogP contribution in [0.5, 0.6) is 0 Å². The van der Waals surface area contributed by atoms with E-state index >= 15 is 0 Å². The molecule has 158 valence electrons. The maximum Gasteiger partial charge on any atom is 0.170 e. The number of nitriles is 4. The topological polar surface area (TPSA) is 126 Å². The van der Waals surface area contributed by atoms with Crippen molar-refractivity contribution in [2.75, 3.05) is 34.5 Å². The second-order valence-corrected chi connectivity index (χ2v) is 8.23. The van der Waals surface area contributed by atoms with Crippen molar-refractivity contribution in [2.24, 2.45) is 0 Å². The lowest BCUT2D eigenvalue weighted by Gasteiger charge is -2.20. The molecule has 0 amide bonds. The largest absolute Gasteiger partial charge is 0.338 e. The molecule has 0 unspecified atom stereocenters. The maximum absolute atomic E-state index is 9.39. The highest BCUT2D eigenvalue weighted by Gasteiger charge is 2.30. The third kappa shape index (κ3) is 2.21. The molecule has 2 aliphatic rings. The molecule has 0 fully saturated rings. The third-order valence-corrected chi connectivity index (χ3v) is 6.61. The molecular formula is C26H14N8. The zero-order valence-electron chi connectivity index (χ0n) is 18.1. The summed E-state index contributed by atoms with van der Waals surface area (Å²) >= 11 is 0. The number of fused-ring (bicyclic) bond motifs is 4. The van der Waals surface area contributed by atoms with E-state index in [4.69, 9.17) is 0 Å². The number of hydrogen-bond acceptors (Lipinski definition) is 8. The summed E-state index contributed by atoms with van der Waals surface area (Å²) in [5, 5.41) is 50.3. The van der Waals surface area contributed by atoms with Crippen LogP contribution in [0.1, 0.15) is 0 Å². The lowest BCUT2D eigenvalue weighted by molar-refractivity contribution is 1.15. The molecule has 2 heterocycles. The van der Waals surface area contributed by atoms with Gasteiger partial charge in [-0.2, -0.15) is 21.0 Å². The first-order chi connectivity index (χ1) is 16.5. The normalized spacial score (nSPS) is 13.7. The molecule has 0 aliphatic carbocycles. The number of anilines is 4. The van der Waals surface area contributed by atoms with Crippen LogP contribution in [0.2, 0.25) is 0 Å². The molecule has 8 nitrogen and oxygen atoms in total. The maximum atomic E-state index is 9.39. The summed E-state index contributed by atoms with van der Waals surface area (Å²) in [5.41, 5.74) is 3.54. The van der Waals surface area contributed by atoms with E-state index in [1.807, 2.05) is 60.3 Å². The number of nitrogens with zero attached hydrogens (tertiary/aromatic N) is 6. The van der Waals surface area contributed by atoms with Crippen LogP contribution < -0.4 is 20.4 Å². The van der Waals surface area contributed by atoms with E-state index in [2.05, 4.69) is 34.9 Å². The zero-order chi connectivity index (χ0) is 23.7. The van der Waals surface area contributed by atoms with Gasteiger partial charge in [0.25, 0.3) is 0 Å². The van der Waals surface area contributed by atoms with Gasteiger partial charge in [-0.1, -0.05) is 24.3 Å². The Kier molecular flexibility index (Phi) is 3.70. The fourth-order valence-electron chi connectivity index (χ4n) is 5.20. The Morgan fingerprint density at radius 1 is 0.647 bits per heavy atom. The number of rotatable bonds is 0. The van der Waals surface area contributed by atoms with E-state index in [1.165, 1.54) is 0 Å². The van der Waals surface area contributed by atoms with Crippen LogP contribution in [0.3, 0.4) is 0 Å². The lowest BCUT2D eigenvalue weighted by atomic mass is 9.91. The van der Waals surface area contributed by atoms with Crippen LogP contribution in [0.15, 0.2) is 59.2 Å². The monoisotopic (exact) mass is 438 g/mol. The molecule has 0 aromatic heterocycles. The highest BCUT2D eigenvalue weighted by molar-refractivity contribution is 6.30. The Labute approximate surface area is 194 Å². The van der Waals surface area contributed by atoms with Crippen molar-refractivity contribution in [3.05, 3.63) is 59.2 Å². The summed E-state index contributed by atoms with van der Waals surface area (Å²) in [4.78, 5) is 3.71. The first kappa shape index (κ1) is 19.3. The average molecular weight is 438 g/mol. The minimum absolute atomic E-state index is 0.0240. The molecule has 4 aromatic rings. The molecule has 2 N–H and O–H groups in total. The van der Waals surface area contributed by atoms with E-state index in [9.17, 15) is 21.0 Å². The fourth-order valence-corrected chi connectivity index (χ4v) is 5.20. The van der Waals surface area contributed by atoms with Gasteiger partial charge in [0.1, 0.15) is 35.9 Å². The van der Waals surface area contributed by atoms with E-state index in [-0.39, 0.29) is 11.1 Å². The number of nitrogens with one attached hydrogen (secondary N) is 2. The molecule has 0 saturated heterocycles. The molecule has 34 heavy (non-hydrogen) atoms. The highest BCUT2D eigenvalue weighted by atomic mass is 15.3. The van der Waals surface area contributed by atoms with E-state index in [0.717, 1.165) is 55.1 Å². The predicted octanol–water partition coefficient (Wildman–Crippen LogP) is 4.82. The van der Waals surface area contributed by atoms with Gasteiger partial charge in [-0.25, -0.2) is 0 Å². The first-order valence-corrected chi connectivity index (χ1v) is 10.4. The number of benzene rings is 4. The molecule has 0 saturated carbocycles. The summed E-state index contributed by atoms with van der Waals surface area (Å²) in [6.07, 6.45) is 0. The van der Waals surface area contributed by atoms with Crippen molar-refractivity contribution in [3.8, 4) is 24.3 Å². The second kappa shape index (κ2) is 6.53. The lowest BCUT2D eigenvalue weighted by Crippen LogP contribution is -2.16. The van der Waals surface area contributed by atoms with Gasteiger partial charge < -0.3 is 20.4 Å². The quantitative estimate of drug-likeness (QED) is 0.295. The molecule has 0 bridgehead atoms. The summed E-state index contributed by atoms with van der Waals surface area (Å²) in [6, 6.07) is 20.2. The second-order valence-electron chi connectivity index (χ2n) is 8.23. The fraction of sp³-hybridized carbons (Fsp3) is 0.0769. The van der Waals surface area contributed by atoms with Crippen LogP contribution in [0.25, 0.3) is 32.3 Å². The smallest absolute Gasteiger partial charge is 0.170 e. The predicted molar refractivity (Wildman–Crippen MR) is 131 cm³/mol. The zero-order valence-corrected chi connectivity index (χ0v) is 18.1. The molecule has 0 radical (unpaired) electrons. The van der Waals surface area contributed by atoms with Crippen molar-refractivity contribution in [2.45, 2.75) is 0 Å².